The van der Waals surface area contributed by atoms with Gasteiger partial charge in [-0.2, -0.15) is 0 Å². The molecule has 6 aromatic carbocycles. The van der Waals surface area contributed by atoms with Gasteiger partial charge in [-0.05, 0) is 53.1 Å². The molecule has 0 saturated heterocycles. The van der Waals surface area contributed by atoms with E-state index in [-0.39, 0.29) is 0 Å². The fourth-order valence-electron chi connectivity index (χ4n) is 6.11. The van der Waals surface area contributed by atoms with Crippen LogP contribution < -0.4 is 0 Å². The molecular formula is C42H29N3. The molecule has 1 aromatic heterocycles. The average Bonchev–Trinajstić information content (AvgIpc) is 3.44. The lowest BCUT2D eigenvalue weighted by Crippen LogP contribution is -2.07. The van der Waals surface area contributed by atoms with Gasteiger partial charge in [0.05, 0.1) is 16.7 Å². The van der Waals surface area contributed by atoms with Crippen molar-refractivity contribution in [3.05, 3.63) is 186 Å². The molecule has 212 valence electrons. The number of para-hydroxylation sites is 2. The number of allylic oxidation sites excluding steroid dienone is 1. The maximum atomic E-state index is 5.09. The third kappa shape index (κ3) is 5.12. The van der Waals surface area contributed by atoms with Crippen molar-refractivity contribution in [1.29, 1.82) is 0 Å². The van der Waals surface area contributed by atoms with Gasteiger partial charge in [0.2, 0.25) is 0 Å². The molecule has 45 heavy (non-hydrogen) atoms. The third-order valence-electron chi connectivity index (χ3n) is 8.31. The number of amidine groups is 1. The number of nitrogens with zero attached hydrogens (tertiary/aromatic N) is 3. The third-order valence-corrected chi connectivity index (χ3v) is 8.31. The van der Waals surface area contributed by atoms with Crippen LogP contribution in [0.3, 0.4) is 0 Å². The molecule has 0 radical (unpaired) electrons. The summed E-state index contributed by atoms with van der Waals surface area (Å²) in [5.41, 5.74) is 14.1. The molecule has 0 atom stereocenters. The zero-order valence-electron chi connectivity index (χ0n) is 24.6. The lowest BCUT2D eigenvalue weighted by Gasteiger charge is -2.12. The average molecular weight is 576 g/mol. The molecule has 8 rings (SSSR count). The van der Waals surface area contributed by atoms with Crippen LogP contribution in [0.1, 0.15) is 23.1 Å². The van der Waals surface area contributed by atoms with E-state index in [9.17, 15) is 0 Å². The standard InChI is InChI=1S/C42H29N3/c1-3-13-31(14-4-1)38-21-12-22-39(44-42(43-38)32-15-5-2-6-16-32)34-18-11-17-33(29-34)30-25-27-35(28-26-30)45-40-23-9-7-19-36(40)37-20-8-10-24-41(37)45/h1-20,23-29H,21H2. The van der Waals surface area contributed by atoms with Crippen LogP contribution in [0.2, 0.25) is 0 Å². The second-order valence-electron chi connectivity index (χ2n) is 11.1. The molecule has 0 bridgehead atoms. The first-order valence-electron chi connectivity index (χ1n) is 15.2. The molecule has 0 N–H and O–H groups in total. The quantitative estimate of drug-likeness (QED) is 0.183. The first kappa shape index (κ1) is 26.6. The van der Waals surface area contributed by atoms with Crippen LogP contribution in [0.25, 0.3) is 44.3 Å². The Morgan fingerprint density at radius 3 is 1.73 bits per heavy atom. The summed E-state index contributed by atoms with van der Waals surface area (Å²) < 4.78 is 2.35. The Morgan fingerprint density at radius 2 is 1.04 bits per heavy atom. The maximum absolute atomic E-state index is 5.09. The Bertz CT molecular complexity index is 2240. The van der Waals surface area contributed by atoms with Gasteiger partial charge in [-0.3, -0.25) is 0 Å². The van der Waals surface area contributed by atoms with E-state index in [1.807, 2.05) is 42.5 Å². The Kier molecular flexibility index (Phi) is 6.84. The fraction of sp³-hybridized carbons (Fsp3) is 0.0238. The summed E-state index contributed by atoms with van der Waals surface area (Å²) in [6.45, 7) is 0. The van der Waals surface area contributed by atoms with Crippen LogP contribution in [0.5, 0.6) is 0 Å². The monoisotopic (exact) mass is 575 g/mol. The van der Waals surface area contributed by atoms with E-state index in [2.05, 4.69) is 132 Å². The Labute approximate surface area is 262 Å². The zero-order chi connectivity index (χ0) is 30.0. The summed E-state index contributed by atoms with van der Waals surface area (Å²) in [4.78, 5) is 10.2. The van der Waals surface area contributed by atoms with Gasteiger partial charge >= 0.3 is 0 Å². The Hall–Kier alpha value is -6.02. The van der Waals surface area contributed by atoms with Crippen molar-refractivity contribution in [3.63, 3.8) is 0 Å². The normalized spacial score (nSPS) is 13.2. The van der Waals surface area contributed by atoms with Gasteiger partial charge in [-0.25, -0.2) is 9.98 Å². The molecule has 1 aliphatic heterocycles. The van der Waals surface area contributed by atoms with E-state index < -0.39 is 0 Å². The van der Waals surface area contributed by atoms with Gasteiger partial charge < -0.3 is 4.57 Å². The minimum absolute atomic E-state index is 0.670. The predicted molar refractivity (Wildman–Crippen MR) is 188 cm³/mol. The molecule has 3 nitrogen and oxygen atoms in total. The summed E-state index contributed by atoms with van der Waals surface area (Å²) in [6, 6.07) is 55.1. The molecule has 3 heteroatoms. The number of rotatable bonds is 5. The van der Waals surface area contributed by atoms with Crippen molar-refractivity contribution < 1.29 is 0 Å². The van der Waals surface area contributed by atoms with Gasteiger partial charge in [0.1, 0.15) is 5.70 Å². The van der Waals surface area contributed by atoms with Crippen molar-refractivity contribution in [1.82, 2.24) is 4.57 Å². The van der Waals surface area contributed by atoms with Crippen molar-refractivity contribution in [2.24, 2.45) is 9.98 Å². The maximum Gasteiger partial charge on any atom is 0.160 e. The molecule has 1 aliphatic rings. The molecule has 2 heterocycles. The molecule has 0 unspecified atom stereocenters. The van der Waals surface area contributed by atoms with Crippen molar-refractivity contribution in [2.75, 3.05) is 0 Å². The minimum Gasteiger partial charge on any atom is -0.309 e. The predicted octanol–water partition coefficient (Wildman–Crippen LogP) is 10.3. The zero-order valence-corrected chi connectivity index (χ0v) is 24.6. The summed E-state index contributed by atoms with van der Waals surface area (Å²) in [5.74, 6) is 0.686. The summed E-state index contributed by atoms with van der Waals surface area (Å²) >= 11 is 0. The summed E-state index contributed by atoms with van der Waals surface area (Å²) in [5, 5.41) is 2.53. The van der Waals surface area contributed by atoms with Crippen LogP contribution in [-0.4, -0.2) is 16.1 Å². The van der Waals surface area contributed by atoms with Gasteiger partial charge in [0.25, 0.3) is 0 Å². The SMILES string of the molecule is C1=CCC(c2ccccc2)=NC(c2ccccc2)=NC=1c1cccc(-c2ccc(-n3c4ccccc4c4ccccc43)cc2)c1. The highest BCUT2D eigenvalue weighted by Crippen LogP contribution is 2.33. The molecule has 0 fully saturated rings. The van der Waals surface area contributed by atoms with Crippen LogP contribution >= 0.6 is 0 Å². The van der Waals surface area contributed by atoms with Crippen molar-refractivity contribution in [2.45, 2.75) is 6.42 Å². The summed E-state index contributed by atoms with van der Waals surface area (Å²) in [6.07, 6.45) is 2.71. The number of benzene rings is 6. The van der Waals surface area contributed by atoms with E-state index in [0.29, 0.717) is 12.3 Å². The molecule has 0 aliphatic carbocycles. The smallest absolute Gasteiger partial charge is 0.160 e. The van der Waals surface area contributed by atoms with Crippen LogP contribution in [0, 0.1) is 0 Å². The van der Waals surface area contributed by atoms with Gasteiger partial charge in [0, 0.05) is 34.0 Å². The number of fused-ring (bicyclic) bond motifs is 3. The minimum atomic E-state index is 0.670. The van der Waals surface area contributed by atoms with Crippen LogP contribution in [0.4, 0.5) is 0 Å². The lowest BCUT2D eigenvalue weighted by molar-refractivity contribution is 1.18. The molecular weight excluding hydrogens is 546 g/mol. The lowest BCUT2D eigenvalue weighted by atomic mass is 10.0. The molecule has 7 aromatic rings. The molecule has 0 spiro atoms. The fourth-order valence-corrected chi connectivity index (χ4v) is 6.11. The van der Waals surface area contributed by atoms with E-state index >= 15 is 0 Å². The second kappa shape index (κ2) is 11.6. The summed E-state index contributed by atoms with van der Waals surface area (Å²) in [7, 11) is 0. The highest BCUT2D eigenvalue weighted by atomic mass is 15.0. The highest BCUT2D eigenvalue weighted by molar-refractivity contribution is 6.14. The number of hydrogen-bond acceptors (Lipinski definition) is 2. The van der Waals surface area contributed by atoms with E-state index in [1.54, 1.807) is 0 Å². The largest absolute Gasteiger partial charge is 0.309 e. The van der Waals surface area contributed by atoms with Crippen molar-refractivity contribution in [3.8, 4) is 16.8 Å². The van der Waals surface area contributed by atoms with Gasteiger partial charge in [-0.15, -0.1) is 0 Å². The molecule has 0 saturated carbocycles. The molecule has 0 amide bonds. The van der Waals surface area contributed by atoms with Crippen molar-refractivity contribution >= 4 is 39.1 Å². The first-order valence-corrected chi connectivity index (χ1v) is 15.2. The van der Waals surface area contributed by atoms with Gasteiger partial charge in [0.15, 0.2) is 5.84 Å². The van der Waals surface area contributed by atoms with Crippen LogP contribution in [0.15, 0.2) is 180 Å². The van der Waals surface area contributed by atoms with Gasteiger partial charge in [-0.1, -0.05) is 133 Å². The number of hydrogen-bond donors (Lipinski definition) is 0. The van der Waals surface area contributed by atoms with Crippen LogP contribution in [-0.2, 0) is 0 Å². The van der Waals surface area contributed by atoms with E-state index in [0.717, 1.165) is 44.9 Å². The Morgan fingerprint density at radius 1 is 0.467 bits per heavy atom. The first-order chi connectivity index (χ1) is 22.3. The van der Waals surface area contributed by atoms with E-state index in [1.165, 1.54) is 21.8 Å². The Balaban J connectivity index is 1.17. The number of aromatic nitrogens is 1. The van der Waals surface area contributed by atoms with E-state index in [4.69, 9.17) is 9.98 Å². The highest BCUT2D eigenvalue weighted by Gasteiger charge is 2.14. The number of aliphatic imine (C=N–C) groups is 2. The topological polar surface area (TPSA) is 29.6 Å². The second-order valence-corrected chi connectivity index (χ2v) is 11.1.